The third-order valence-electron chi connectivity index (χ3n) is 2.66. The van der Waals surface area contributed by atoms with Crippen molar-refractivity contribution in [2.45, 2.75) is 13.0 Å². The molecule has 0 saturated carbocycles. The van der Waals surface area contributed by atoms with Crippen molar-refractivity contribution in [3.05, 3.63) is 18.1 Å². The van der Waals surface area contributed by atoms with E-state index >= 15 is 0 Å². The van der Waals surface area contributed by atoms with E-state index in [1.807, 2.05) is 11.8 Å². The standard InChI is InChI=1S/C12H20N4O2S/c1-9(8-18-3)16(6-7-17-2)12-10(11(13)19)14-4-5-15-12/h4-5,9H,6-8H2,1-3H3,(H2,13,19). The van der Waals surface area contributed by atoms with E-state index in [1.54, 1.807) is 26.6 Å². The van der Waals surface area contributed by atoms with Gasteiger partial charge in [0.25, 0.3) is 0 Å². The molecular formula is C12H20N4O2S. The monoisotopic (exact) mass is 284 g/mol. The summed E-state index contributed by atoms with van der Waals surface area (Å²) in [4.78, 5) is 10.8. The van der Waals surface area contributed by atoms with Crippen molar-refractivity contribution in [3.8, 4) is 0 Å². The number of hydrogen-bond acceptors (Lipinski definition) is 6. The Morgan fingerprint density at radius 1 is 1.37 bits per heavy atom. The molecule has 1 rings (SSSR count). The molecule has 6 nitrogen and oxygen atoms in total. The van der Waals surface area contributed by atoms with Crippen LogP contribution >= 0.6 is 12.2 Å². The zero-order valence-corrected chi connectivity index (χ0v) is 12.3. The summed E-state index contributed by atoms with van der Waals surface area (Å²) in [6, 6.07) is 0.116. The molecule has 0 spiro atoms. The van der Waals surface area contributed by atoms with Gasteiger partial charge in [-0.1, -0.05) is 12.2 Å². The summed E-state index contributed by atoms with van der Waals surface area (Å²) in [6.07, 6.45) is 3.20. The second kappa shape index (κ2) is 7.98. The van der Waals surface area contributed by atoms with Gasteiger partial charge < -0.3 is 20.1 Å². The summed E-state index contributed by atoms with van der Waals surface area (Å²) in [5.74, 6) is 0.664. The highest BCUT2D eigenvalue weighted by atomic mass is 32.1. The van der Waals surface area contributed by atoms with E-state index in [9.17, 15) is 0 Å². The van der Waals surface area contributed by atoms with Crippen molar-refractivity contribution in [1.29, 1.82) is 0 Å². The number of aromatic nitrogens is 2. The minimum absolute atomic E-state index is 0.116. The summed E-state index contributed by atoms with van der Waals surface area (Å²) in [5.41, 5.74) is 6.22. The Morgan fingerprint density at radius 3 is 2.63 bits per heavy atom. The fourth-order valence-electron chi connectivity index (χ4n) is 1.77. The second-order valence-electron chi connectivity index (χ2n) is 4.08. The zero-order chi connectivity index (χ0) is 14.3. The Balaban J connectivity index is 3.05. The van der Waals surface area contributed by atoms with E-state index in [1.165, 1.54) is 0 Å². The molecule has 0 amide bonds. The fourth-order valence-corrected chi connectivity index (χ4v) is 1.91. The Hall–Kier alpha value is -1.31. The molecular weight excluding hydrogens is 264 g/mol. The molecule has 1 heterocycles. The summed E-state index contributed by atoms with van der Waals surface area (Å²) < 4.78 is 10.3. The lowest BCUT2D eigenvalue weighted by Crippen LogP contribution is -2.40. The molecule has 0 aliphatic carbocycles. The Morgan fingerprint density at radius 2 is 2.05 bits per heavy atom. The number of nitrogens with two attached hydrogens (primary N) is 1. The van der Waals surface area contributed by atoms with E-state index in [2.05, 4.69) is 9.97 Å². The van der Waals surface area contributed by atoms with Gasteiger partial charge in [0.05, 0.1) is 19.3 Å². The van der Waals surface area contributed by atoms with Crippen LogP contribution in [-0.2, 0) is 9.47 Å². The van der Waals surface area contributed by atoms with Crippen LogP contribution in [0.2, 0.25) is 0 Å². The number of hydrogen-bond donors (Lipinski definition) is 1. The molecule has 0 radical (unpaired) electrons. The lowest BCUT2D eigenvalue weighted by molar-refractivity contribution is 0.170. The van der Waals surface area contributed by atoms with Crippen LogP contribution in [0.5, 0.6) is 0 Å². The van der Waals surface area contributed by atoms with Gasteiger partial charge in [-0.15, -0.1) is 0 Å². The maximum Gasteiger partial charge on any atom is 0.158 e. The first-order valence-electron chi connectivity index (χ1n) is 5.97. The van der Waals surface area contributed by atoms with E-state index < -0.39 is 0 Å². The Labute approximate surface area is 118 Å². The third-order valence-corrected chi connectivity index (χ3v) is 2.85. The molecule has 7 heteroatoms. The summed E-state index contributed by atoms with van der Waals surface area (Å²) in [5, 5.41) is 0. The third kappa shape index (κ3) is 4.38. The second-order valence-corrected chi connectivity index (χ2v) is 4.52. The lowest BCUT2D eigenvalue weighted by atomic mass is 10.2. The van der Waals surface area contributed by atoms with Gasteiger partial charge in [-0.2, -0.15) is 0 Å². The molecule has 19 heavy (non-hydrogen) atoms. The molecule has 1 aromatic heterocycles. The highest BCUT2D eigenvalue weighted by Gasteiger charge is 2.20. The van der Waals surface area contributed by atoms with Crippen molar-refractivity contribution in [3.63, 3.8) is 0 Å². The largest absolute Gasteiger partial charge is 0.388 e. The number of nitrogens with zero attached hydrogens (tertiary/aromatic N) is 3. The summed E-state index contributed by atoms with van der Waals surface area (Å²) in [7, 11) is 3.32. The van der Waals surface area contributed by atoms with Crippen LogP contribution in [0.4, 0.5) is 5.82 Å². The average molecular weight is 284 g/mol. The van der Waals surface area contributed by atoms with Gasteiger partial charge in [-0.3, -0.25) is 0 Å². The van der Waals surface area contributed by atoms with Crippen molar-refractivity contribution in [2.24, 2.45) is 5.73 Å². The smallest absolute Gasteiger partial charge is 0.158 e. The number of thiocarbonyl (C=S) groups is 1. The average Bonchev–Trinajstić information content (AvgIpc) is 2.40. The van der Waals surface area contributed by atoms with Gasteiger partial charge in [0.1, 0.15) is 10.7 Å². The lowest BCUT2D eigenvalue weighted by Gasteiger charge is -2.30. The summed E-state index contributed by atoms with van der Waals surface area (Å²) >= 11 is 5.02. The summed E-state index contributed by atoms with van der Waals surface area (Å²) in [6.45, 7) is 3.84. The van der Waals surface area contributed by atoms with E-state index in [0.717, 1.165) is 0 Å². The molecule has 0 aliphatic heterocycles. The minimum Gasteiger partial charge on any atom is -0.388 e. The van der Waals surface area contributed by atoms with Gasteiger partial charge in [-0.05, 0) is 6.92 Å². The number of ether oxygens (including phenoxy) is 2. The SMILES string of the molecule is COCCN(c1nccnc1C(N)=S)C(C)COC. The molecule has 0 aromatic carbocycles. The Kier molecular flexibility index (Phi) is 6.61. The molecule has 1 unspecified atom stereocenters. The molecule has 1 aromatic rings. The maximum absolute atomic E-state index is 5.69. The predicted octanol–water partition coefficient (Wildman–Crippen LogP) is 0.599. The van der Waals surface area contributed by atoms with Crippen molar-refractivity contribution in [1.82, 2.24) is 9.97 Å². The number of rotatable bonds is 8. The van der Waals surface area contributed by atoms with E-state index in [4.69, 9.17) is 27.4 Å². The molecule has 0 saturated heterocycles. The molecule has 106 valence electrons. The van der Waals surface area contributed by atoms with Gasteiger partial charge >= 0.3 is 0 Å². The van der Waals surface area contributed by atoms with Crippen molar-refractivity contribution >= 4 is 23.0 Å². The van der Waals surface area contributed by atoms with Crippen LogP contribution < -0.4 is 10.6 Å². The topological polar surface area (TPSA) is 73.5 Å². The molecule has 2 N–H and O–H groups in total. The van der Waals surface area contributed by atoms with Gasteiger partial charge in [-0.25, -0.2) is 9.97 Å². The van der Waals surface area contributed by atoms with E-state index in [-0.39, 0.29) is 11.0 Å². The highest BCUT2D eigenvalue weighted by molar-refractivity contribution is 7.80. The first-order valence-corrected chi connectivity index (χ1v) is 6.38. The first kappa shape index (κ1) is 15.7. The van der Waals surface area contributed by atoms with Gasteiger partial charge in [0, 0.05) is 33.2 Å². The quantitative estimate of drug-likeness (QED) is 0.701. The van der Waals surface area contributed by atoms with Crippen LogP contribution in [-0.4, -0.2) is 55.0 Å². The molecule has 0 fully saturated rings. The maximum atomic E-state index is 5.69. The number of methoxy groups -OCH3 is 2. The van der Waals surface area contributed by atoms with Crippen LogP contribution in [0.3, 0.4) is 0 Å². The Bertz CT molecular complexity index is 416. The van der Waals surface area contributed by atoms with Crippen LogP contribution in [0, 0.1) is 0 Å². The van der Waals surface area contributed by atoms with E-state index in [0.29, 0.717) is 31.3 Å². The predicted molar refractivity (Wildman–Crippen MR) is 78.5 cm³/mol. The van der Waals surface area contributed by atoms with Gasteiger partial charge in [0.2, 0.25) is 0 Å². The normalized spacial score (nSPS) is 12.2. The fraction of sp³-hybridized carbons (Fsp3) is 0.583. The number of anilines is 1. The molecule has 0 bridgehead atoms. The van der Waals surface area contributed by atoms with Crippen molar-refractivity contribution < 1.29 is 9.47 Å². The van der Waals surface area contributed by atoms with Crippen molar-refractivity contribution in [2.75, 3.05) is 38.9 Å². The molecule has 0 aliphatic rings. The van der Waals surface area contributed by atoms with Crippen LogP contribution in [0.15, 0.2) is 12.4 Å². The minimum atomic E-state index is 0.116. The molecule has 1 atom stereocenters. The highest BCUT2D eigenvalue weighted by Crippen LogP contribution is 2.17. The zero-order valence-electron chi connectivity index (χ0n) is 11.5. The van der Waals surface area contributed by atoms with Crippen LogP contribution in [0.1, 0.15) is 12.6 Å². The van der Waals surface area contributed by atoms with Gasteiger partial charge in [0.15, 0.2) is 5.82 Å². The van der Waals surface area contributed by atoms with Crippen LogP contribution in [0.25, 0.3) is 0 Å². The first-order chi connectivity index (χ1) is 9.11.